The number of anilines is 1. The molecule has 0 radical (unpaired) electrons. The Kier molecular flexibility index (Phi) is 10.2. The molecule has 0 aliphatic carbocycles. The third-order valence-electron chi connectivity index (χ3n) is 4.59. The fourth-order valence-electron chi connectivity index (χ4n) is 3.13. The van der Waals surface area contributed by atoms with Gasteiger partial charge in [0.2, 0.25) is 5.91 Å². The van der Waals surface area contributed by atoms with Crippen LogP contribution in [-0.4, -0.2) is 37.0 Å². The number of piperazine rings is 1. The minimum absolute atomic E-state index is 0. The van der Waals surface area contributed by atoms with Crippen molar-refractivity contribution in [2.45, 2.75) is 20.0 Å². The molecule has 0 unspecified atom stereocenters. The lowest BCUT2D eigenvalue weighted by Gasteiger charge is -2.36. The fourth-order valence-corrected chi connectivity index (χ4v) is 3.73. The molecule has 0 aromatic heterocycles. The largest absolute Gasteiger partial charge is 0.368 e. The highest BCUT2D eigenvalue weighted by Crippen LogP contribution is 2.28. The first-order valence-electron chi connectivity index (χ1n) is 8.76. The molecule has 2 aromatic carbocycles. The SMILES string of the molecule is CC(=O)NCc1ccc(CN2CCN(c3ccc(F)cc3Br)CC2)cc1.Cl.Cl. The second-order valence-electron chi connectivity index (χ2n) is 6.59. The van der Waals surface area contributed by atoms with Crippen LogP contribution in [-0.2, 0) is 17.9 Å². The normalized spacial score (nSPS) is 14.0. The van der Waals surface area contributed by atoms with Gasteiger partial charge in [0.25, 0.3) is 0 Å². The lowest BCUT2D eigenvalue weighted by Crippen LogP contribution is -2.46. The van der Waals surface area contributed by atoms with Crippen LogP contribution in [0.2, 0.25) is 0 Å². The summed E-state index contributed by atoms with van der Waals surface area (Å²) in [6.07, 6.45) is 0. The summed E-state index contributed by atoms with van der Waals surface area (Å²) in [6.45, 7) is 6.79. The first-order chi connectivity index (χ1) is 12.5. The topological polar surface area (TPSA) is 35.6 Å². The van der Waals surface area contributed by atoms with Crippen LogP contribution >= 0.6 is 40.7 Å². The molecule has 0 bridgehead atoms. The highest BCUT2D eigenvalue weighted by atomic mass is 79.9. The Morgan fingerprint density at radius 3 is 2.21 bits per heavy atom. The maximum atomic E-state index is 13.3. The molecule has 4 nitrogen and oxygen atoms in total. The van der Waals surface area contributed by atoms with Gasteiger partial charge in [0, 0.05) is 50.7 Å². The first kappa shape index (κ1) is 24.7. The average Bonchev–Trinajstić information content (AvgIpc) is 2.62. The second kappa shape index (κ2) is 11.6. The van der Waals surface area contributed by atoms with E-state index in [1.165, 1.54) is 24.6 Å². The van der Waals surface area contributed by atoms with Crippen molar-refractivity contribution in [2.75, 3.05) is 31.1 Å². The van der Waals surface area contributed by atoms with Gasteiger partial charge in [0.05, 0.1) is 5.69 Å². The number of hydrogen-bond acceptors (Lipinski definition) is 3. The molecular weight excluding hydrogens is 468 g/mol. The van der Waals surface area contributed by atoms with Crippen LogP contribution in [0.3, 0.4) is 0 Å². The molecule has 1 amide bonds. The molecule has 8 heteroatoms. The number of amides is 1. The molecule has 28 heavy (non-hydrogen) atoms. The summed E-state index contributed by atoms with van der Waals surface area (Å²) in [6, 6.07) is 13.2. The molecular formula is C20H25BrCl2FN3O. The summed E-state index contributed by atoms with van der Waals surface area (Å²) in [5.74, 6) is -0.235. The van der Waals surface area contributed by atoms with Crippen LogP contribution in [0.5, 0.6) is 0 Å². The van der Waals surface area contributed by atoms with Crippen molar-refractivity contribution < 1.29 is 9.18 Å². The van der Waals surface area contributed by atoms with Crippen molar-refractivity contribution in [3.63, 3.8) is 0 Å². The molecule has 1 fully saturated rings. The Balaban J connectivity index is 0.00000196. The van der Waals surface area contributed by atoms with E-state index in [0.29, 0.717) is 6.54 Å². The fraction of sp³-hybridized carbons (Fsp3) is 0.350. The number of rotatable bonds is 5. The number of carbonyl (C=O) groups excluding carboxylic acids is 1. The zero-order valence-electron chi connectivity index (χ0n) is 15.7. The van der Waals surface area contributed by atoms with Crippen molar-refractivity contribution in [1.29, 1.82) is 0 Å². The van der Waals surface area contributed by atoms with E-state index in [1.807, 2.05) is 6.07 Å². The van der Waals surface area contributed by atoms with Gasteiger partial charge in [-0.1, -0.05) is 24.3 Å². The van der Waals surface area contributed by atoms with Gasteiger partial charge in [-0.3, -0.25) is 9.69 Å². The van der Waals surface area contributed by atoms with E-state index >= 15 is 0 Å². The first-order valence-corrected chi connectivity index (χ1v) is 9.55. The Hall–Kier alpha value is -1.34. The second-order valence-corrected chi connectivity index (χ2v) is 7.44. The smallest absolute Gasteiger partial charge is 0.217 e. The Morgan fingerprint density at radius 2 is 1.64 bits per heavy atom. The summed E-state index contributed by atoms with van der Waals surface area (Å²) in [4.78, 5) is 15.7. The molecule has 154 valence electrons. The maximum absolute atomic E-state index is 13.3. The van der Waals surface area contributed by atoms with Crippen LogP contribution < -0.4 is 10.2 Å². The molecule has 1 N–H and O–H groups in total. The summed E-state index contributed by atoms with van der Waals surface area (Å²) in [5.41, 5.74) is 3.43. The maximum Gasteiger partial charge on any atom is 0.217 e. The Bertz CT molecular complexity index is 769. The van der Waals surface area contributed by atoms with Gasteiger partial charge in [-0.05, 0) is 45.3 Å². The molecule has 3 rings (SSSR count). The lowest BCUT2D eigenvalue weighted by molar-refractivity contribution is -0.119. The number of nitrogens with one attached hydrogen (secondary N) is 1. The Labute approximate surface area is 186 Å². The third kappa shape index (κ3) is 6.92. The molecule has 0 atom stereocenters. The van der Waals surface area contributed by atoms with Crippen molar-refractivity contribution in [1.82, 2.24) is 10.2 Å². The Morgan fingerprint density at radius 1 is 1.04 bits per heavy atom. The van der Waals surface area contributed by atoms with Crippen LogP contribution in [0, 0.1) is 5.82 Å². The van der Waals surface area contributed by atoms with Gasteiger partial charge in [-0.2, -0.15) is 0 Å². The minimum atomic E-state index is -0.221. The zero-order chi connectivity index (χ0) is 18.5. The summed E-state index contributed by atoms with van der Waals surface area (Å²) in [5, 5.41) is 2.81. The quantitative estimate of drug-likeness (QED) is 0.672. The monoisotopic (exact) mass is 491 g/mol. The van der Waals surface area contributed by atoms with E-state index in [4.69, 9.17) is 0 Å². The zero-order valence-corrected chi connectivity index (χ0v) is 18.9. The molecule has 1 aliphatic heterocycles. The number of carbonyl (C=O) groups is 1. The van der Waals surface area contributed by atoms with Crippen LogP contribution in [0.1, 0.15) is 18.1 Å². The summed E-state index contributed by atoms with van der Waals surface area (Å²) < 4.78 is 14.1. The number of nitrogens with zero attached hydrogens (tertiary/aromatic N) is 2. The molecule has 1 saturated heterocycles. The van der Waals surface area contributed by atoms with Crippen molar-refractivity contribution in [3.05, 3.63) is 63.9 Å². The summed E-state index contributed by atoms with van der Waals surface area (Å²) in [7, 11) is 0. The third-order valence-corrected chi connectivity index (χ3v) is 5.23. The van der Waals surface area contributed by atoms with Crippen LogP contribution in [0.25, 0.3) is 0 Å². The predicted octanol–water partition coefficient (Wildman–Crippen LogP) is 4.39. The highest BCUT2D eigenvalue weighted by Gasteiger charge is 2.19. The van der Waals surface area contributed by atoms with Crippen molar-refractivity contribution >= 4 is 52.3 Å². The van der Waals surface area contributed by atoms with Gasteiger partial charge in [-0.25, -0.2) is 4.39 Å². The summed E-state index contributed by atoms with van der Waals surface area (Å²) >= 11 is 3.46. The van der Waals surface area contributed by atoms with E-state index in [2.05, 4.69) is 55.3 Å². The molecule has 1 aliphatic rings. The van der Waals surface area contributed by atoms with E-state index in [0.717, 1.165) is 48.4 Å². The lowest BCUT2D eigenvalue weighted by atomic mass is 10.1. The molecule has 1 heterocycles. The van der Waals surface area contributed by atoms with Gasteiger partial charge in [0.1, 0.15) is 5.82 Å². The van der Waals surface area contributed by atoms with E-state index < -0.39 is 0 Å². The van der Waals surface area contributed by atoms with Crippen LogP contribution in [0.15, 0.2) is 46.9 Å². The van der Waals surface area contributed by atoms with Crippen molar-refractivity contribution in [3.8, 4) is 0 Å². The van der Waals surface area contributed by atoms with Crippen LogP contribution in [0.4, 0.5) is 10.1 Å². The predicted molar refractivity (Wildman–Crippen MR) is 120 cm³/mol. The standard InChI is InChI=1S/C20H23BrFN3O.2ClH/c1-15(26)23-13-16-2-4-17(5-3-16)14-24-8-10-25(11-9-24)20-7-6-18(22)12-19(20)21;;/h2-7,12H,8-11,13-14H2,1H3,(H,23,26);2*1H. The number of halogens is 4. The average molecular weight is 493 g/mol. The minimum Gasteiger partial charge on any atom is -0.368 e. The van der Waals surface area contributed by atoms with Gasteiger partial charge < -0.3 is 10.2 Å². The molecule has 0 spiro atoms. The van der Waals surface area contributed by atoms with Crippen molar-refractivity contribution in [2.24, 2.45) is 0 Å². The molecule has 2 aromatic rings. The van der Waals surface area contributed by atoms with Gasteiger partial charge >= 0.3 is 0 Å². The van der Waals surface area contributed by atoms with E-state index in [-0.39, 0.29) is 36.5 Å². The molecule has 0 saturated carbocycles. The van der Waals surface area contributed by atoms with E-state index in [9.17, 15) is 9.18 Å². The highest BCUT2D eigenvalue weighted by molar-refractivity contribution is 9.10. The van der Waals surface area contributed by atoms with Gasteiger partial charge in [-0.15, -0.1) is 24.8 Å². The van der Waals surface area contributed by atoms with Gasteiger partial charge in [0.15, 0.2) is 0 Å². The number of hydrogen-bond donors (Lipinski definition) is 1. The number of benzene rings is 2. The van der Waals surface area contributed by atoms with E-state index in [1.54, 1.807) is 0 Å².